The number of rotatable bonds is 5. The maximum atomic E-state index is 14.0. The summed E-state index contributed by atoms with van der Waals surface area (Å²) < 4.78 is 58.2. The van der Waals surface area contributed by atoms with E-state index in [0.29, 0.717) is 43.5 Å². The lowest BCUT2D eigenvalue weighted by molar-refractivity contribution is -0.140. The molecule has 11 heteroatoms. The van der Waals surface area contributed by atoms with Crippen LogP contribution in [0.1, 0.15) is 53.8 Å². The van der Waals surface area contributed by atoms with Gasteiger partial charge in [-0.3, -0.25) is 4.79 Å². The van der Waals surface area contributed by atoms with Crippen molar-refractivity contribution in [3.63, 3.8) is 0 Å². The first-order valence-electron chi connectivity index (χ1n) is 11.9. The first-order valence-corrected chi connectivity index (χ1v) is 13.3. The number of benzene rings is 1. The zero-order valence-electron chi connectivity index (χ0n) is 19.2. The van der Waals surface area contributed by atoms with Crippen molar-refractivity contribution in [3.8, 4) is 0 Å². The van der Waals surface area contributed by atoms with Crippen LogP contribution >= 0.6 is 0 Å². The fourth-order valence-electron chi connectivity index (χ4n) is 7.11. The molecule has 1 amide bonds. The van der Waals surface area contributed by atoms with Gasteiger partial charge in [0.15, 0.2) is 11.6 Å². The second-order valence-corrected chi connectivity index (χ2v) is 12.3. The van der Waals surface area contributed by atoms with E-state index in [1.165, 1.54) is 10.4 Å². The molecule has 2 aliphatic carbocycles. The summed E-state index contributed by atoms with van der Waals surface area (Å²) in [5.74, 6) is -2.71. The van der Waals surface area contributed by atoms with Crippen LogP contribution in [0, 0.1) is 24.0 Å². The van der Waals surface area contributed by atoms with E-state index in [1.807, 2.05) is 0 Å². The summed E-state index contributed by atoms with van der Waals surface area (Å²) >= 11 is 0. The van der Waals surface area contributed by atoms with E-state index in [-0.39, 0.29) is 40.2 Å². The molecule has 4 atom stereocenters. The highest BCUT2D eigenvalue weighted by molar-refractivity contribution is 7.89. The molecule has 3 N–H and O–H groups in total. The Morgan fingerprint density at radius 3 is 2.69 bits per heavy atom. The predicted octanol–water partition coefficient (Wildman–Crippen LogP) is 2.31. The van der Waals surface area contributed by atoms with Gasteiger partial charge in [0.25, 0.3) is 5.91 Å². The third-order valence-corrected chi connectivity index (χ3v) is 10.7. The highest BCUT2D eigenvalue weighted by atomic mass is 32.2. The highest BCUT2D eigenvalue weighted by Crippen LogP contribution is 2.68. The van der Waals surface area contributed by atoms with Crippen LogP contribution in [0.25, 0.3) is 0 Å². The van der Waals surface area contributed by atoms with E-state index in [2.05, 4.69) is 5.32 Å². The van der Waals surface area contributed by atoms with Crippen molar-refractivity contribution in [2.75, 3.05) is 11.9 Å². The summed E-state index contributed by atoms with van der Waals surface area (Å²) in [4.78, 5) is 13.3. The Hall–Kier alpha value is -2.34. The second-order valence-electron chi connectivity index (χ2n) is 10.5. The van der Waals surface area contributed by atoms with Crippen molar-refractivity contribution in [3.05, 3.63) is 46.8 Å². The molecule has 2 aliphatic heterocycles. The molecular weight excluding hydrogens is 480 g/mol. The average Bonchev–Trinajstić information content (AvgIpc) is 3.44. The number of aliphatic hydroxyl groups is 2. The van der Waals surface area contributed by atoms with Crippen LogP contribution in [0.15, 0.2) is 23.1 Å². The van der Waals surface area contributed by atoms with Gasteiger partial charge in [-0.1, -0.05) is 0 Å². The average molecular weight is 508 g/mol. The van der Waals surface area contributed by atoms with Gasteiger partial charge < -0.3 is 20.1 Å². The minimum atomic E-state index is -3.97. The molecule has 3 unspecified atom stereocenters. The van der Waals surface area contributed by atoms with E-state index >= 15 is 0 Å². The Bertz CT molecular complexity index is 1380. The standard InChI is InChI=1S/C24H27F2N3O5S/c1-13-20(22(31)27-14-4-5-15(25)16(26)9-14)28-8-2-3-17(28)21(13)35(33,34)29-18-6-7-24(18)11-23(32,12-30)10-19(24)29/h4-5,9,18-19,30,32H,2-3,6-8,10-12H2,1H3,(H,27,31)/t18?,19?,23-,24?/m1/s1. The number of carbonyl (C=O) groups is 1. The Morgan fingerprint density at radius 2 is 2.03 bits per heavy atom. The fourth-order valence-corrected chi connectivity index (χ4v) is 9.58. The molecule has 4 aliphatic rings. The van der Waals surface area contributed by atoms with Gasteiger partial charge in [-0.2, -0.15) is 4.31 Å². The molecule has 1 aromatic heterocycles. The maximum absolute atomic E-state index is 14.0. The van der Waals surface area contributed by atoms with Crippen LogP contribution in [0.5, 0.6) is 0 Å². The number of halogens is 2. The third kappa shape index (κ3) is 2.98. The number of amides is 1. The van der Waals surface area contributed by atoms with E-state index in [1.54, 1.807) is 11.5 Å². The molecule has 3 heterocycles. The molecule has 35 heavy (non-hydrogen) atoms. The van der Waals surface area contributed by atoms with Gasteiger partial charge in [-0.15, -0.1) is 0 Å². The first kappa shape index (κ1) is 23.1. The molecule has 3 fully saturated rings. The number of nitrogens with zero attached hydrogens (tertiary/aromatic N) is 2. The van der Waals surface area contributed by atoms with Gasteiger partial charge >= 0.3 is 0 Å². The smallest absolute Gasteiger partial charge is 0.272 e. The van der Waals surface area contributed by atoms with E-state index in [0.717, 1.165) is 18.6 Å². The Morgan fingerprint density at radius 1 is 1.26 bits per heavy atom. The molecule has 6 rings (SSSR count). The largest absolute Gasteiger partial charge is 0.393 e. The number of aromatic nitrogens is 1. The topological polar surface area (TPSA) is 112 Å². The Labute approximate surface area is 201 Å². The second kappa shape index (κ2) is 7.34. The summed E-state index contributed by atoms with van der Waals surface area (Å²) in [6.45, 7) is 1.68. The molecule has 0 radical (unpaired) electrons. The Kier molecular flexibility index (Phi) is 4.84. The molecule has 188 valence electrons. The monoisotopic (exact) mass is 507 g/mol. The van der Waals surface area contributed by atoms with Crippen LogP contribution in [0.3, 0.4) is 0 Å². The quantitative estimate of drug-likeness (QED) is 0.575. The lowest BCUT2D eigenvalue weighted by Crippen LogP contribution is -2.75. The molecule has 8 nitrogen and oxygen atoms in total. The molecular formula is C24H27F2N3O5S. The minimum absolute atomic E-state index is 0.0718. The molecule has 1 aromatic carbocycles. The van der Waals surface area contributed by atoms with Crippen LogP contribution < -0.4 is 5.32 Å². The number of hydrogen-bond donors (Lipinski definition) is 3. The normalized spacial score (nSPS) is 31.3. The molecule has 1 saturated heterocycles. The molecule has 2 saturated carbocycles. The van der Waals surface area contributed by atoms with Gasteiger partial charge in [0, 0.05) is 47.1 Å². The maximum Gasteiger partial charge on any atom is 0.272 e. The van der Waals surface area contributed by atoms with E-state index < -0.39 is 39.8 Å². The van der Waals surface area contributed by atoms with Crippen LogP contribution in [-0.4, -0.2) is 57.7 Å². The number of sulfonamides is 1. The van der Waals surface area contributed by atoms with E-state index in [4.69, 9.17) is 0 Å². The predicted molar refractivity (Wildman–Crippen MR) is 121 cm³/mol. The molecule has 0 bridgehead atoms. The number of aliphatic hydroxyl groups excluding tert-OH is 1. The fraction of sp³-hybridized carbons (Fsp3) is 0.542. The zero-order chi connectivity index (χ0) is 24.9. The summed E-state index contributed by atoms with van der Waals surface area (Å²) in [7, 11) is -3.97. The number of nitrogens with one attached hydrogen (secondary N) is 1. The van der Waals surface area contributed by atoms with Gasteiger partial charge in [0.1, 0.15) is 10.6 Å². The number of carbonyl (C=O) groups excluding carboxylic acids is 1. The molecule has 1 spiro atoms. The van der Waals surface area contributed by atoms with Crippen molar-refractivity contribution < 1.29 is 32.2 Å². The lowest BCUT2D eigenvalue weighted by Gasteiger charge is -2.67. The minimum Gasteiger partial charge on any atom is -0.393 e. The number of hydrogen-bond acceptors (Lipinski definition) is 5. The van der Waals surface area contributed by atoms with Crippen molar-refractivity contribution in [2.45, 2.75) is 74.6 Å². The van der Waals surface area contributed by atoms with Crippen molar-refractivity contribution in [1.82, 2.24) is 8.87 Å². The van der Waals surface area contributed by atoms with Gasteiger partial charge in [-0.05, 0) is 57.6 Å². The van der Waals surface area contributed by atoms with Crippen LogP contribution in [-0.2, 0) is 23.0 Å². The summed E-state index contributed by atoms with van der Waals surface area (Å²) in [6.07, 6.45) is 3.30. The summed E-state index contributed by atoms with van der Waals surface area (Å²) in [5.41, 5.74) is -0.395. The highest BCUT2D eigenvalue weighted by Gasteiger charge is 2.75. The number of anilines is 1. The molecule has 2 aromatic rings. The van der Waals surface area contributed by atoms with Gasteiger partial charge in [0.05, 0.1) is 12.2 Å². The van der Waals surface area contributed by atoms with Gasteiger partial charge in [0.2, 0.25) is 10.0 Å². The first-order chi connectivity index (χ1) is 16.5. The van der Waals surface area contributed by atoms with Crippen molar-refractivity contribution in [2.24, 2.45) is 5.41 Å². The van der Waals surface area contributed by atoms with Crippen LogP contribution in [0.2, 0.25) is 0 Å². The number of piperidine rings is 1. The van der Waals surface area contributed by atoms with Gasteiger partial charge in [-0.25, -0.2) is 17.2 Å². The SMILES string of the molecule is Cc1c(S(=O)(=O)N2C3CCC34C[C@@](O)(CO)CC24)c2n(c1C(=O)Nc1ccc(F)c(F)c1)CCC2. The number of fused-ring (bicyclic) bond motifs is 1. The third-order valence-electron chi connectivity index (χ3n) is 8.63. The summed E-state index contributed by atoms with van der Waals surface area (Å²) in [5, 5.41) is 23.0. The van der Waals surface area contributed by atoms with Crippen LogP contribution in [0.4, 0.5) is 14.5 Å². The lowest BCUT2D eigenvalue weighted by atomic mass is 9.55. The van der Waals surface area contributed by atoms with E-state index in [9.17, 15) is 32.2 Å². The zero-order valence-corrected chi connectivity index (χ0v) is 20.0. The Balaban J connectivity index is 1.37. The van der Waals surface area contributed by atoms with Crippen molar-refractivity contribution in [1.29, 1.82) is 0 Å². The summed E-state index contributed by atoms with van der Waals surface area (Å²) in [6, 6.07) is 2.45. The van der Waals surface area contributed by atoms with Crippen molar-refractivity contribution >= 4 is 21.6 Å².